The van der Waals surface area contributed by atoms with Crippen molar-refractivity contribution in [3.63, 3.8) is 0 Å². The zero-order valence-corrected chi connectivity index (χ0v) is 18.1. The molecule has 0 unspecified atom stereocenters. The molecule has 0 aromatic carbocycles. The first-order chi connectivity index (χ1) is 14.5. The van der Waals surface area contributed by atoms with Gasteiger partial charge in [-0.05, 0) is 31.4 Å². The molecule has 3 rings (SSSR count). The Hall–Kier alpha value is -2.31. The minimum atomic E-state index is -4.42. The standard InChI is InChI=1S/C23H32BF2N2O2/c1-3-5-7-9-11-18-13-15-20(27-18)22-17-23(30-24(25,26)29-22)21-16-14-19(28-21)12-10-8-6-4-2/h13-17,27H,3-12H2,1-2H3/q-1/p+1/b23-21-. The van der Waals surface area contributed by atoms with E-state index in [-0.39, 0.29) is 11.5 Å². The monoisotopic (exact) mass is 418 g/mol. The van der Waals surface area contributed by atoms with Gasteiger partial charge in [0.15, 0.2) is 11.5 Å². The predicted molar refractivity (Wildman–Crippen MR) is 118 cm³/mol. The highest BCUT2D eigenvalue weighted by molar-refractivity contribution is 6.53. The van der Waals surface area contributed by atoms with E-state index in [1.165, 1.54) is 38.5 Å². The molecule has 164 valence electrons. The maximum Gasteiger partial charge on any atom is 0.726 e. The maximum absolute atomic E-state index is 14.2. The molecule has 2 aliphatic heterocycles. The van der Waals surface area contributed by atoms with Crippen LogP contribution in [0.15, 0.2) is 41.8 Å². The Kier molecular flexibility index (Phi) is 7.94. The molecule has 4 nitrogen and oxygen atoms in total. The van der Waals surface area contributed by atoms with Gasteiger partial charge in [-0.2, -0.15) is 0 Å². The number of hydrogen-bond acceptors (Lipinski definition) is 2. The summed E-state index contributed by atoms with van der Waals surface area (Å²) < 4.78 is 38.1. The van der Waals surface area contributed by atoms with Gasteiger partial charge < -0.3 is 22.9 Å². The molecule has 0 atom stereocenters. The van der Waals surface area contributed by atoms with E-state index in [1.807, 2.05) is 12.1 Å². The lowest BCUT2D eigenvalue weighted by Crippen LogP contribution is -2.68. The number of unbranched alkanes of at least 4 members (excludes halogenated alkanes) is 6. The molecule has 3 heterocycles. The molecule has 7 heteroatoms. The molecular formula is C23H33BF2N2O2. The molecule has 30 heavy (non-hydrogen) atoms. The first-order valence-electron chi connectivity index (χ1n) is 11.3. The third kappa shape index (κ3) is 6.35. The molecule has 2 N–H and O–H groups in total. The van der Waals surface area contributed by atoms with Crippen LogP contribution in [0.5, 0.6) is 0 Å². The fourth-order valence-corrected chi connectivity index (χ4v) is 3.73. The molecule has 1 aromatic heterocycles. The van der Waals surface area contributed by atoms with Crippen LogP contribution in [0.4, 0.5) is 8.63 Å². The summed E-state index contributed by atoms with van der Waals surface area (Å²) >= 11 is 0. The number of nitrogens with one attached hydrogen (secondary N) is 2. The summed E-state index contributed by atoms with van der Waals surface area (Å²) in [6.07, 6.45) is 16.4. The Morgan fingerprint density at radius 3 is 2.37 bits per heavy atom. The van der Waals surface area contributed by atoms with E-state index in [4.69, 9.17) is 9.31 Å². The molecule has 0 saturated carbocycles. The highest BCUT2D eigenvalue weighted by atomic mass is 19.3. The molecule has 0 saturated heterocycles. The summed E-state index contributed by atoms with van der Waals surface area (Å²) in [5.74, 6) is 0.223. The molecule has 2 aliphatic rings. The van der Waals surface area contributed by atoms with Gasteiger partial charge in [0.05, 0.1) is 5.69 Å². The molecule has 0 bridgehead atoms. The van der Waals surface area contributed by atoms with E-state index in [1.54, 1.807) is 18.2 Å². The van der Waals surface area contributed by atoms with E-state index in [9.17, 15) is 8.63 Å². The van der Waals surface area contributed by atoms with Crippen molar-refractivity contribution in [1.82, 2.24) is 4.98 Å². The van der Waals surface area contributed by atoms with Crippen molar-refractivity contribution in [1.29, 1.82) is 0 Å². The van der Waals surface area contributed by atoms with Crippen LogP contribution in [-0.4, -0.2) is 17.8 Å². The van der Waals surface area contributed by atoms with Gasteiger partial charge >= 0.3 is 7.11 Å². The average molecular weight is 418 g/mol. The number of halogens is 2. The second-order valence-corrected chi connectivity index (χ2v) is 8.06. The average Bonchev–Trinajstić information content (AvgIpc) is 3.37. The van der Waals surface area contributed by atoms with E-state index in [0.29, 0.717) is 11.4 Å². The molecule has 0 aliphatic carbocycles. The number of aromatic nitrogens is 1. The van der Waals surface area contributed by atoms with Crippen molar-refractivity contribution in [3.05, 3.63) is 53.2 Å². The highest BCUT2D eigenvalue weighted by Crippen LogP contribution is 2.32. The summed E-state index contributed by atoms with van der Waals surface area (Å²) in [6.45, 7) is 4.36. The molecule has 0 spiro atoms. The number of H-pyrrole nitrogens is 1. The summed E-state index contributed by atoms with van der Waals surface area (Å²) in [4.78, 5) is 6.44. The van der Waals surface area contributed by atoms with Gasteiger partial charge in [-0.3, -0.25) is 0 Å². The van der Waals surface area contributed by atoms with Crippen molar-refractivity contribution < 1.29 is 22.9 Å². The Morgan fingerprint density at radius 2 is 1.63 bits per heavy atom. The lowest BCUT2D eigenvalue weighted by atomic mass is 10.1. The van der Waals surface area contributed by atoms with Crippen molar-refractivity contribution in [2.75, 3.05) is 0 Å². The van der Waals surface area contributed by atoms with Gasteiger partial charge in [0, 0.05) is 30.3 Å². The second-order valence-electron chi connectivity index (χ2n) is 8.06. The number of aromatic amines is 1. The quantitative estimate of drug-likeness (QED) is 0.385. The van der Waals surface area contributed by atoms with Crippen LogP contribution in [0.2, 0.25) is 0 Å². The van der Waals surface area contributed by atoms with Crippen LogP contribution in [-0.2, 0) is 15.7 Å². The smallest absolute Gasteiger partial charge is 0.626 e. The molecule has 0 amide bonds. The Balaban J connectivity index is 1.72. The zero-order chi connectivity index (χ0) is 21.4. The minimum absolute atomic E-state index is 0.111. The fourth-order valence-electron chi connectivity index (χ4n) is 3.73. The zero-order valence-electron chi connectivity index (χ0n) is 18.1. The van der Waals surface area contributed by atoms with Gasteiger partial charge in [0.2, 0.25) is 5.70 Å². The van der Waals surface area contributed by atoms with Crippen molar-refractivity contribution in [3.8, 4) is 0 Å². The Bertz CT molecular complexity index is 840. The highest BCUT2D eigenvalue weighted by Gasteiger charge is 2.40. The van der Waals surface area contributed by atoms with Crippen molar-refractivity contribution in [2.45, 2.75) is 78.1 Å². The van der Waals surface area contributed by atoms with E-state index < -0.39 is 7.11 Å². The number of aryl methyl sites for hydroxylation is 1. The van der Waals surface area contributed by atoms with Gasteiger partial charge in [-0.25, -0.2) is 4.99 Å². The largest absolute Gasteiger partial charge is 0.726 e. The summed E-state index contributed by atoms with van der Waals surface area (Å²) in [5.41, 5.74) is 3.16. The van der Waals surface area contributed by atoms with Crippen LogP contribution in [0.25, 0.3) is 5.76 Å². The molecule has 0 radical (unpaired) electrons. The molecule has 0 fully saturated rings. The SMILES string of the molecule is CCCCCCC1=[NH+]/C(=C2/C=C(c3ccc(CCCCCC)[nH]3)O[B-](F)(F)O2)C=C1. The van der Waals surface area contributed by atoms with E-state index >= 15 is 0 Å². The lowest BCUT2D eigenvalue weighted by Gasteiger charge is -2.33. The van der Waals surface area contributed by atoms with Crippen LogP contribution < -0.4 is 4.99 Å². The summed E-state index contributed by atoms with van der Waals surface area (Å²) in [7, 11) is -4.42. The maximum atomic E-state index is 14.2. The predicted octanol–water partition coefficient (Wildman–Crippen LogP) is 5.17. The fraction of sp³-hybridized carbons (Fsp3) is 0.522. The normalized spacial score (nSPS) is 20.0. The van der Waals surface area contributed by atoms with Crippen LogP contribution >= 0.6 is 0 Å². The molecular weight excluding hydrogens is 385 g/mol. The van der Waals surface area contributed by atoms with Crippen molar-refractivity contribution in [2.24, 2.45) is 0 Å². The van der Waals surface area contributed by atoms with Crippen LogP contribution in [0.1, 0.15) is 83.0 Å². The van der Waals surface area contributed by atoms with Gasteiger partial charge in [-0.1, -0.05) is 52.4 Å². The van der Waals surface area contributed by atoms with Crippen molar-refractivity contribution >= 4 is 18.6 Å². The number of allylic oxidation sites excluding steroid dienone is 3. The van der Waals surface area contributed by atoms with Gasteiger partial charge in [0.1, 0.15) is 5.76 Å². The second kappa shape index (κ2) is 10.6. The minimum Gasteiger partial charge on any atom is -0.626 e. The van der Waals surface area contributed by atoms with Crippen LogP contribution in [0.3, 0.4) is 0 Å². The third-order valence-corrected chi connectivity index (χ3v) is 5.41. The van der Waals surface area contributed by atoms with Crippen LogP contribution in [0, 0.1) is 0 Å². The first-order valence-corrected chi connectivity index (χ1v) is 11.3. The van der Waals surface area contributed by atoms with Gasteiger partial charge in [-0.15, -0.1) is 0 Å². The van der Waals surface area contributed by atoms with E-state index in [2.05, 4.69) is 23.8 Å². The summed E-state index contributed by atoms with van der Waals surface area (Å²) in [5, 5.41) is 0. The summed E-state index contributed by atoms with van der Waals surface area (Å²) in [6, 6.07) is 3.73. The van der Waals surface area contributed by atoms with Gasteiger partial charge in [0.25, 0.3) is 0 Å². The Morgan fingerprint density at radius 1 is 0.900 bits per heavy atom. The first kappa shape index (κ1) is 22.4. The van der Waals surface area contributed by atoms with E-state index in [0.717, 1.165) is 37.1 Å². The lowest BCUT2D eigenvalue weighted by molar-refractivity contribution is -0.390. The number of rotatable bonds is 11. The Labute approximate surface area is 178 Å². The number of hydrogen-bond donors (Lipinski definition) is 2. The topological polar surface area (TPSA) is 48.2 Å². The molecule has 1 aromatic rings. The third-order valence-electron chi connectivity index (χ3n) is 5.41.